The Morgan fingerprint density at radius 2 is 1.76 bits per heavy atom. The number of hydrogen-bond donors (Lipinski definition) is 2. The number of sulfonamides is 1. The Balaban J connectivity index is 1.74. The molecule has 1 spiro atoms. The van der Waals surface area contributed by atoms with E-state index in [9.17, 15) is 17.6 Å². The van der Waals surface area contributed by atoms with Gasteiger partial charge in [0.25, 0.3) is 0 Å². The van der Waals surface area contributed by atoms with Crippen LogP contribution in [-0.2, 0) is 10.0 Å². The Hall–Kier alpha value is -1.67. The van der Waals surface area contributed by atoms with Crippen LogP contribution in [0.15, 0.2) is 29.2 Å². The van der Waals surface area contributed by atoms with Crippen molar-refractivity contribution >= 4 is 16.1 Å². The zero-order valence-electron chi connectivity index (χ0n) is 11.3. The highest BCUT2D eigenvalue weighted by atomic mass is 32.2. The number of rotatable bonds is 2. The summed E-state index contributed by atoms with van der Waals surface area (Å²) in [6.07, 6.45) is 1.12. The molecule has 2 saturated heterocycles. The van der Waals surface area contributed by atoms with Crippen LogP contribution in [0.5, 0.6) is 0 Å². The number of nitrogens with one attached hydrogen (secondary N) is 2. The minimum absolute atomic E-state index is 0.0911. The molecule has 1 aromatic carbocycles. The van der Waals surface area contributed by atoms with Gasteiger partial charge >= 0.3 is 6.03 Å². The SMILES string of the molecule is O=C1NCC2(CCN(S(=O)(=O)c3ccc(F)cc3)CC2)N1. The highest BCUT2D eigenvalue weighted by Crippen LogP contribution is 2.28. The lowest BCUT2D eigenvalue weighted by Gasteiger charge is -2.37. The molecule has 1 aromatic rings. The van der Waals surface area contributed by atoms with E-state index in [1.54, 1.807) is 0 Å². The molecule has 2 aliphatic rings. The van der Waals surface area contributed by atoms with Gasteiger partial charge in [0.05, 0.1) is 10.4 Å². The van der Waals surface area contributed by atoms with Gasteiger partial charge in [-0.2, -0.15) is 4.31 Å². The monoisotopic (exact) mass is 313 g/mol. The Morgan fingerprint density at radius 3 is 2.29 bits per heavy atom. The minimum atomic E-state index is -3.60. The van der Waals surface area contributed by atoms with Crippen molar-refractivity contribution < 1.29 is 17.6 Å². The first-order valence-electron chi connectivity index (χ1n) is 6.73. The Morgan fingerprint density at radius 1 is 1.14 bits per heavy atom. The molecule has 0 saturated carbocycles. The Labute approximate surface area is 122 Å². The van der Waals surface area contributed by atoms with Crippen molar-refractivity contribution in [3.63, 3.8) is 0 Å². The maximum absolute atomic E-state index is 12.9. The van der Waals surface area contributed by atoms with Crippen molar-refractivity contribution in [2.75, 3.05) is 19.6 Å². The van der Waals surface area contributed by atoms with Crippen LogP contribution in [0.3, 0.4) is 0 Å². The van der Waals surface area contributed by atoms with Crippen LogP contribution < -0.4 is 10.6 Å². The van der Waals surface area contributed by atoms with E-state index >= 15 is 0 Å². The maximum atomic E-state index is 12.9. The molecule has 0 aliphatic carbocycles. The molecule has 0 bridgehead atoms. The van der Waals surface area contributed by atoms with Crippen LogP contribution in [-0.4, -0.2) is 43.9 Å². The molecule has 2 fully saturated rings. The van der Waals surface area contributed by atoms with E-state index in [0.29, 0.717) is 32.5 Å². The fourth-order valence-corrected chi connectivity index (χ4v) is 4.23. The largest absolute Gasteiger partial charge is 0.336 e. The lowest BCUT2D eigenvalue weighted by atomic mass is 9.90. The summed E-state index contributed by atoms with van der Waals surface area (Å²) >= 11 is 0. The van der Waals surface area contributed by atoms with Gasteiger partial charge in [-0.15, -0.1) is 0 Å². The summed E-state index contributed by atoms with van der Waals surface area (Å²) in [4.78, 5) is 11.3. The summed E-state index contributed by atoms with van der Waals surface area (Å²) in [6.45, 7) is 1.19. The number of benzene rings is 1. The van der Waals surface area contributed by atoms with Crippen LogP contribution >= 0.6 is 0 Å². The molecule has 0 unspecified atom stereocenters. The van der Waals surface area contributed by atoms with Crippen molar-refractivity contribution in [1.29, 1.82) is 0 Å². The maximum Gasteiger partial charge on any atom is 0.315 e. The van der Waals surface area contributed by atoms with Gasteiger partial charge in [-0.1, -0.05) is 0 Å². The highest BCUT2D eigenvalue weighted by Gasteiger charge is 2.42. The number of halogens is 1. The van der Waals surface area contributed by atoms with Gasteiger partial charge in [0, 0.05) is 19.6 Å². The molecule has 3 rings (SSSR count). The summed E-state index contributed by atoms with van der Waals surface area (Å²) in [7, 11) is -3.60. The van der Waals surface area contributed by atoms with E-state index in [4.69, 9.17) is 0 Å². The molecule has 8 heteroatoms. The highest BCUT2D eigenvalue weighted by molar-refractivity contribution is 7.89. The van der Waals surface area contributed by atoms with Crippen molar-refractivity contribution in [2.45, 2.75) is 23.3 Å². The first-order chi connectivity index (χ1) is 9.91. The molecule has 2 aliphatic heterocycles. The zero-order chi connectivity index (χ0) is 15.1. The lowest BCUT2D eigenvalue weighted by Crippen LogP contribution is -2.53. The van der Waals surface area contributed by atoms with Gasteiger partial charge in [0.1, 0.15) is 5.82 Å². The molecule has 2 amide bonds. The Bertz CT molecular complexity index is 652. The van der Waals surface area contributed by atoms with E-state index in [-0.39, 0.29) is 16.5 Å². The molecule has 0 atom stereocenters. The summed E-state index contributed by atoms with van der Waals surface area (Å²) in [5.41, 5.74) is -0.341. The predicted molar refractivity (Wildman–Crippen MR) is 73.7 cm³/mol. The van der Waals surface area contributed by atoms with Crippen LogP contribution in [0.2, 0.25) is 0 Å². The molecule has 21 heavy (non-hydrogen) atoms. The number of hydrogen-bond acceptors (Lipinski definition) is 3. The fraction of sp³-hybridized carbons (Fsp3) is 0.462. The van der Waals surface area contributed by atoms with Crippen LogP contribution in [0, 0.1) is 5.82 Å². The van der Waals surface area contributed by atoms with Gasteiger partial charge in [-0.25, -0.2) is 17.6 Å². The van der Waals surface area contributed by atoms with Crippen LogP contribution in [0.1, 0.15) is 12.8 Å². The lowest BCUT2D eigenvalue weighted by molar-refractivity contribution is 0.216. The van der Waals surface area contributed by atoms with Crippen molar-refractivity contribution in [1.82, 2.24) is 14.9 Å². The molecular formula is C13H16FN3O3S. The topological polar surface area (TPSA) is 78.5 Å². The molecular weight excluding hydrogens is 297 g/mol. The van der Waals surface area contributed by atoms with Crippen molar-refractivity contribution in [2.24, 2.45) is 0 Å². The number of urea groups is 1. The summed E-state index contributed by atoms with van der Waals surface area (Å²) in [5, 5.41) is 5.58. The number of amides is 2. The van der Waals surface area contributed by atoms with Gasteiger partial charge in [-0.05, 0) is 37.1 Å². The first kappa shape index (κ1) is 14.3. The number of nitrogens with zero attached hydrogens (tertiary/aromatic N) is 1. The van der Waals surface area contributed by atoms with Gasteiger partial charge in [0.2, 0.25) is 10.0 Å². The van der Waals surface area contributed by atoms with E-state index in [2.05, 4.69) is 10.6 Å². The average molecular weight is 313 g/mol. The molecule has 2 heterocycles. The third-order valence-corrected chi connectivity index (χ3v) is 6.01. The smallest absolute Gasteiger partial charge is 0.315 e. The van der Waals surface area contributed by atoms with Crippen molar-refractivity contribution in [3.05, 3.63) is 30.1 Å². The Kier molecular flexibility index (Phi) is 3.37. The zero-order valence-corrected chi connectivity index (χ0v) is 12.1. The molecule has 2 N–H and O–H groups in total. The van der Waals surface area contributed by atoms with E-state index in [1.807, 2.05) is 0 Å². The standard InChI is InChI=1S/C13H16FN3O3S/c14-10-1-3-11(4-2-10)21(19,20)17-7-5-13(6-8-17)9-15-12(18)16-13/h1-4H,5-9H2,(H2,15,16,18). The summed E-state index contributed by atoms with van der Waals surface area (Å²) in [6, 6.07) is 4.62. The van der Waals surface area contributed by atoms with Gasteiger partial charge in [-0.3, -0.25) is 0 Å². The third kappa shape index (κ3) is 2.60. The molecule has 0 aromatic heterocycles. The van der Waals surface area contributed by atoms with E-state index in [1.165, 1.54) is 16.4 Å². The van der Waals surface area contributed by atoms with E-state index < -0.39 is 15.8 Å². The fourth-order valence-electron chi connectivity index (χ4n) is 2.79. The molecule has 6 nitrogen and oxygen atoms in total. The molecule has 0 radical (unpaired) electrons. The normalized spacial score (nSPS) is 22.0. The predicted octanol–water partition coefficient (Wildman–Crippen LogP) is 0.662. The second kappa shape index (κ2) is 4.96. The second-order valence-electron chi connectivity index (χ2n) is 5.45. The molecule has 114 valence electrons. The van der Waals surface area contributed by atoms with Crippen LogP contribution in [0.25, 0.3) is 0 Å². The minimum Gasteiger partial charge on any atom is -0.336 e. The average Bonchev–Trinajstić information content (AvgIpc) is 2.81. The third-order valence-electron chi connectivity index (χ3n) is 4.10. The quantitative estimate of drug-likeness (QED) is 0.842. The number of carbonyl (C=O) groups is 1. The van der Waals surface area contributed by atoms with E-state index in [0.717, 1.165) is 12.1 Å². The number of piperidine rings is 1. The first-order valence-corrected chi connectivity index (χ1v) is 8.17. The summed E-state index contributed by atoms with van der Waals surface area (Å²) in [5.74, 6) is -0.466. The second-order valence-corrected chi connectivity index (χ2v) is 7.38. The number of carbonyl (C=O) groups excluding carboxylic acids is 1. The van der Waals surface area contributed by atoms with Gasteiger partial charge in [0.15, 0.2) is 0 Å². The van der Waals surface area contributed by atoms with Crippen LogP contribution in [0.4, 0.5) is 9.18 Å². The van der Waals surface area contributed by atoms with Gasteiger partial charge < -0.3 is 10.6 Å². The van der Waals surface area contributed by atoms with Crippen molar-refractivity contribution in [3.8, 4) is 0 Å². The summed E-state index contributed by atoms with van der Waals surface area (Å²) < 4.78 is 39.2.